The van der Waals surface area contributed by atoms with Crippen molar-refractivity contribution in [2.45, 2.75) is 13.0 Å². The summed E-state index contributed by atoms with van der Waals surface area (Å²) < 4.78 is 11.6. The van der Waals surface area contributed by atoms with Crippen LogP contribution in [0.25, 0.3) is 22.3 Å². The Balaban J connectivity index is 1.54. The maximum Gasteiger partial charge on any atom is 0.176 e. The summed E-state index contributed by atoms with van der Waals surface area (Å²) in [6.45, 7) is 1.61. The van der Waals surface area contributed by atoms with Gasteiger partial charge < -0.3 is 14.5 Å². The molecule has 0 aliphatic carbocycles. The Hall–Kier alpha value is -3.18. The molecule has 0 saturated carbocycles. The molecule has 5 nitrogen and oxygen atoms in total. The van der Waals surface area contributed by atoms with Gasteiger partial charge in [0.2, 0.25) is 0 Å². The predicted molar refractivity (Wildman–Crippen MR) is 106 cm³/mol. The Kier molecular flexibility index (Phi) is 5.12. The molecule has 0 spiro atoms. The molecule has 3 heterocycles. The number of furan rings is 1. The summed E-state index contributed by atoms with van der Waals surface area (Å²) >= 11 is 0. The van der Waals surface area contributed by atoms with Gasteiger partial charge >= 0.3 is 0 Å². The number of hydrogen-bond acceptors (Lipinski definition) is 5. The zero-order chi connectivity index (χ0) is 18.5. The number of hydrogen-bond donors (Lipinski definition) is 1. The summed E-state index contributed by atoms with van der Waals surface area (Å²) in [6.07, 6.45) is 6.25. The first kappa shape index (κ1) is 17.2. The molecule has 0 amide bonds. The van der Waals surface area contributed by atoms with E-state index in [1.54, 1.807) is 19.5 Å². The minimum absolute atomic E-state index is 0.738. The molecule has 0 aliphatic rings. The van der Waals surface area contributed by atoms with Crippen LogP contribution in [-0.2, 0) is 13.0 Å². The molecule has 27 heavy (non-hydrogen) atoms. The summed E-state index contributed by atoms with van der Waals surface area (Å²) in [7, 11) is 1.66. The van der Waals surface area contributed by atoms with Gasteiger partial charge in [0.25, 0.3) is 0 Å². The first-order valence-corrected chi connectivity index (χ1v) is 8.95. The highest BCUT2D eigenvalue weighted by Gasteiger charge is 2.14. The van der Waals surface area contributed by atoms with Gasteiger partial charge in [-0.05, 0) is 42.0 Å². The summed E-state index contributed by atoms with van der Waals surface area (Å²) in [4.78, 5) is 8.43. The van der Waals surface area contributed by atoms with Crippen molar-refractivity contribution in [3.05, 3.63) is 78.4 Å². The van der Waals surface area contributed by atoms with E-state index in [4.69, 9.17) is 9.15 Å². The van der Waals surface area contributed by atoms with Crippen LogP contribution in [-0.4, -0.2) is 23.6 Å². The second-order valence-corrected chi connectivity index (χ2v) is 6.26. The van der Waals surface area contributed by atoms with Gasteiger partial charge in [-0.3, -0.25) is 9.97 Å². The number of nitrogens with one attached hydrogen (secondary N) is 1. The minimum atomic E-state index is 0.738. The Morgan fingerprint density at radius 2 is 1.93 bits per heavy atom. The quantitative estimate of drug-likeness (QED) is 0.500. The second-order valence-electron chi connectivity index (χ2n) is 6.26. The summed E-state index contributed by atoms with van der Waals surface area (Å²) in [5.41, 5.74) is 4.04. The van der Waals surface area contributed by atoms with Gasteiger partial charge in [-0.1, -0.05) is 12.1 Å². The highest BCUT2D eigenvalue weighted by atomic mass is 16.5. The molecule has 1 aromatic carbocycles. The van der Waals surface area contributed by atoms with E-state index in [0.29, 0.717) is 0 Å². The summed E-state index contributed by atoms with van der Waals surface area (Å²) in [6, 6.07) is 16.0. The van der Waals surface area contributed by atoms with E-state index in [9.17, 15) is 0 Å². The first-order chi connectivity index (χ1) is 13.3. The van der Waals surface area contributed by atoms with Crippen molar-refractivity contribution in [3.8, 4) is 17.1 Å². The van der Waals surface area contributed by atoms with E-state index < -0.39 is 0 Å². The lowest BCUT2D eigenvalue weighted by atomic mass is 10.1. The molecule has 0 unspecified atom stereocenters. The highest BCUT2D eigenvalue weighted by Crippen LogP contribution is 2.35. The van der Waals surface area contributed by atoms with Crippen LogP contribution in [0.3, 0.4) is 0 Å². The number of methoxy groups -OCH3 is 1. The molecule has 5 heteroatoms. The predicted octanol–water partition coefficient (Wildman–Crippen LogP) is 4.23. The third kappa shape index (κ3) is 3.83. The Bertz CT molecular complexity index is 1010. The van der Waals surface area contributed by atoms with Crippen LogP contribution in [0.5, 0.6) is 5.75 Å². The van der Waals surface area contributed by atoms with Gasteiger partial charge in [-0.25, -0.2) is 0 Å². The average molecular weight is 359 g/mol. The molecule has 3 aromatic heterocycles. The van der Waals surface area contributed by atoms with Gasteiger partial charge in [-0.2, -0.15) is 0 Å². The van der Waals surface area contributed by atoms with Crippen molar-refractivity contribution in [3.63, 3.8) is 0 Å². The third-order valence-corrected chi connectivity index (χ3v) is 4.52. The second kappa shape index (κ2) is 8.01. The standard InChI is InChI=1S/C22H21N3O2/c1-26-20-6-5-17(15-24-13-9-18-4-2-3-10-25-18)19-14-21(27-22(19)20)16-7-11-23-12-8-16/h2-8,10-12,14,24H,9,13,15H2,1H3. The molecular formula is C22H21N3O2. The van der Waals surface area contributed by atoms with Crippen LogP contribution >= 0.6 is 0 Å². The lowest BCUT2D eigenvalue weighted by Crippen LogP contribution is -2.17. The number of rotatable bonds is 7. The van der Waals surface area contributed by atoms with E-state index in [-0.39, 0.29) is 0 Å². The molecule has 4 aromatic rings. The minimum Gasteiger partial charge on any atom is -0.493 e. The van der Waals surface area contributed by atoms with E-state index in [0.717, 1.165) is 53.2 Å². The fourth-order valence-corrected chi connectivity index (χ4v) is 3.11. The van der Waals surface area contributed by atoms with Crippen LogP contribution < -0.4 is 10.1 Å². The smallest absolute Gasteiger partial charge is 0.176 e. The normalized spacial score (nSPS) is 11.0. The number of benzene rings is 1. The van der Waals surface area contributed by atoms with Gasteiger partial charge in [0.1, 0.15) is 5.76 Å². The Morgan fingerprint density at radius 3 is 2.70 bits per heavy atom. The number of pyridine rings is 2. The molecule has 0 fully saturated rings. The molecule has 0 saturated heterocycles. The first-order valence-electron chi connectivity index (χ1n) is 8.95. The molecule has 136 valence electrons. The van der Waals surface area contributed by atoms with Crippen molar-refractivity contribution >= 4 is 11.0 Å². The molecule has 1 N–H and O–H groups in total. The van der Waals surface area contributed by atoms with Crippen molar-refractivity contribution in [2.24, 2.45) is 0 Å². The van der Waals surface area contributed by atoms with E-state index >= 15 is 0 Å². The molecular weight excluding hydrogens is 338 g/mol. The summed E-state index contributed by atoms with van der Waals surface area (Å²) in [5.74, 6) is 1.55. The van der Waals surface area contributed by atoms with Crippen LogP contribution in [0.1, 0.15) is 11.3 Å². The average Bonchev–Trinajstić information content (AvgIpc) is 3.18. The Morgan fingerprint density at radius 1 is 1.04 bits per heavy atom. The maximum absolute atomic E-state index is 6.10. The van der Waals surface area contributed by atoms with Crippen molar-refractivity contribution in [2.75, 3.05) is 13.7 Å². The molecule has 0 radical (unpaired) electrons. The molecule has 4 rings (SSSR count). The zero-order valence-corrected chi connectivity index (χ0v) is 15.2. The van der Waals surface area contributed by atoms with Crippen LogP contribution in [0.2, 0.25) is 0 Å². The third-order valence-electron chi connectivity index (χ3n) is 4.52. The monoisotopic (exact) mass is 359 g/mol. The lowest BCUT2D eigenvalue weighted by Gasteiger charge is -2.08. The van der Waals surface area contributed by atoms with Crippen molar-refractivity contribution in [1.82, 2.24) is 15.3 Å². The molecule has 0 atom stereocenters. The van der Waals surface area contributed by atoms with E-state index in [1.165, 1.54) is 5.56 Å². The highest BCUT2D eigenvalue weighted by molar-refractivity contribution is 5.90. The molecule has 0 aliphatic heterocycles. The topological polar surface area (TPSA) is 60.2 Å². The number of fused-ring (bicyclic) bond motifs is 1. The fraction of sp³-hybridized carbons (Fsp3) is 0.182. The van der Waals surface area contributed by atoms with E-state index in [2.05, 4.69) is 27.4 Å². The van der Waals surface area contributed by atoms with Gasteiger partial charge in [0, 0.05) is 54.7 Å². The number of aromatic nitrogens is 2. The maximum atomic E-state index is 6.10. The van der Waals surface area contributed by atoms with E-state index in [1.807, 2.05) is 42.6 Å². The SMILES string of the molecule is COc1ccc(CNCCc2ccccn2)c2cc(-c3ccncc3)oc12. The van der Waals surface area contributed by atoms with Crippen molar-refractivity contribution < 1.29 is 9.15 Å². The Labute approximate surface area is 158 Å². The number of nitrogens with zero attached hydrogens (tertiary/aromatic N) is 2. The summed E-state index contributed by atoms with van der Waals surface area (Å²) in [5, 5.41) is 4.56. The van der Waals surface area contributed by atoms with Gasteiger partial charge in [0.05, 0.1) is 7.11 Å². The lowest BCUT2D eigenvalue weighted by molar-refractivity contribution is 0.411. The van der Waals surface area contributed by atoms with Crippen molar-refractivity contribution in [1.29, 1.82) is 0 Å². The number of ether oxygens (including phenoxy) is 1. The van der Waals surface area contributed by atoms with Gasteiger partial charge in [0.15, 0.2) is 11.3 Å². The fourth-order valence-electron chi connectivity index (χ4n) is 3.11. The largest absolute Gasteiger partial charge is 0.493 e. The molecule has 0 bridgehead atoms. The van der Waals surface area contributed by atoms with Crippen LogP contribution in [0.15, 0.2) is 71.5 Å². The van der Waals surface area contributed by atoms with Crippen LogP contribution in [0.4, 0.5) is 0 Å². The van der Waals surface area contributed by atoms with Gasteiger partial charge in [-0.15, -0.1) is 0 Å². The zero-order valence-electron chi connectivity index (χ0n) is 15.2. The van der Waals surface area contributed by atoms with Crippen LogP contribution in [0, 0.1) is 0 Å².